The van der Waals surface area contributed by atoms with Crippen LogP contribution in [0.1, 0.15) is 94.3 Å². The summed E-state index contributed by atoms with van der Waals surface area (Å²) in [6, 6.07) is 14.3. The van der Waals surface area contributed by atoms with Gasteiger partial charge in [0, 0.05) is 37.2 Å². The number of aliphatic hydroxyl groups is 2. The lowest BCUT2D eigenvalue weighted by molar-refractivity contribution is -0.163. The number of esters is 1. The predicted octanol–water partition coefficient (Wildman–Crippen LogP) is 7.63. The van der Waals surface area contributed by atoms with Crippen LogP contribution in [0, 0.1) is 12.7 Å². The Morgan fingerprint density at radius 2 is 1.62 bits per heavy atom. The van der Waals surface area contributed by atoms with Gasteiger partial charge in [0.1, 0.15) is 11.6 Å². The van der Waals surface area contributed by atoms with Crippen LogP contribution in [0.3, 0.4) is 0 Å². The van der Waals surface area contributed by atoms with E-state index in [1.165, 1.54) is 12.1 Å². The van der Waals surface area contributed by atoms with Gasteiger partial charge in [0.25, 0.3) is 0 Å². The second kappa shape index (κ2) is 17.9. The number of halogens is 1. The summed E-state index contributed by atoms with van der Waals surface area (Å²) in [5.74, 6) is -0.122. The summed E-state index contributed by atoms with van der Waals surface area (Å²) in [5, 5.41) is 24.8. The Morgan fingerprint density at radius 1 is 0.979 bits per heavy atom. The third-order valence-corrected chi connectivity index (χ3v) is 7.85. The lowest BCUT2D eigenvalue weighted by Gasteiger charge is -2.22. The molecule has 0 aliphatic carbocycles. The van der Waals surface area contributed by atoms with E-state index in [1.807, 2.05) is 43.3 Å². The monoisotopic (exact) mass is 646 g/mol. The fourth-order valence-corrected chi connectivity index (χ4v) is 5.60. The number of nitrogens with zero attached hydrogens (tertiary/aromatic N) is 1. The third-order valence-electron chi connectivity index (χ3n) is 7.85. The first kappa shape index (κ1) is 37.6. The standard InChI is InChI=1S/C39H51FN2O5/c1-9-20-41-26(6)21-29-10-17-34(18-11-29)46-28(8)47-36(45)23-33(44)22-32(43)16-19-35-37(30-12-14-31(40)15-13-30)27(7)38(24(2)3)42-39(35)25(4)5/h9-19,24-26,28,32-33,41,43-44H,1,20-23H2,2-8H3. The Kier molecular flexibility index (Phi) is 14.3. The zero-order chi connectivity index (χ0) is 34.7. The average molecular weight is 647 g/mol. The summed E-state index contributed by atoms with van der Waals surface area (Å²) in [6.45, 7) is 18.5. The van der Waals surface area contributed by atoms with Crippen molar-refractivity contribution in [3.05, 3.63) is 101 Å². The van der Waals surface area contributed by atoms with Crippen LogP contribution in [-0.2, 0) is 16.0 Å². The summed E-state index contributed by atoms with van der Waals surface area (Å²) in [5.41, 5.74) is 6.59. The first-order valence-corrected chi connectivity index (χ1v) is 16.4. The molecule has 0 radical (unpaired) electrons. The molecule has 0 bridgehead atoms. The second-order valence-corrected chi connectivity index (χ2v) is 12.8. The van der Waals surface area contributed by atoms with Gasteiger partial charge < -0.3 is 25.0 Å². The molecule has 254 valence electrons. The Labute approximate surface area is 279 Å². The van der Waals surface area contributed by atoms with E-state index in [9.17, 15) is 19.4 Å². The summed E-state index contributed by atoms with van der Waals surface area (Å²) < 4.78 is 24.9. The predicted molar refractivity (Wildman–Crippen MR) is 187 cm³/mol. The number of benzene rings is 2. The lowest BCUT2D eigenvalue weighted by atomic mass is 9.87. The van der Waals surface area contributed by atoms with Gasteiger partial charge in [0.15, 0.2) is 0 Å². The number of aromatic nitrogens is 1. The highest BCUT2D eigenvalue weighted by atomic mass is 19.1. The molecule has 0 aliphatic rings. The van der Waals surface area contributed by atoms with Gasteiger partial charge >= 0.3 is 5.97 Å². The molecule has 1 heterocycles. The van der Waals surface area contributed by atoms with Crippen LogP contribution in [0.5, 0.6) is 5.75 Å². The van der Waals surface area contributed by atoms with E-state index in [1.54, 1.807) is 25.1 Å². The normalized spacial score (nSPS) is 14.3. The van der Waals surface area contributed by atoms with Crippen molar-refractivity contribution >= 4 is 12.0 Å². The van der Waals surface area contributed by atoms with Gasteiger partial charge in [-0.25, -0.2) is 4.39 Å². The van der Waals surface area contributed by atoms with Crippen molar-refractivity contribution in [1.82, 2.24) is 10.3 Å². The molecule has 4 unspecified atom stereocenters. The first-order valence-electron chi connectivity index (χ1n) is 16.4. The van der Waals surface area contributed by atoms with Crippen LogP contribution >= 0.6 is 0 Å². The average Bonchev–Trinajstić information content (AvgIpc) is 2.99. The van der Waals surface area contributed by atoms with E-state index in [4.69, 9.17) is 14.5 Å². The Balaban J connectivity index is 1.63. The van der Waals surface area contributed by atoms with Crippen molar-refractivity contribution in [2.75, 3.05) is 6.54 Å². The van der Waals surface area contributed by atoms with Gasteiger partial charge in [-0.2, -0.15) is 0 Å². The maximum absolute atomic E-state index is 13.8. The second-order valence-electron chi connectivity index (χ2n) is 12.8. The molecule has 0 saturated heterocycles. The maximum Gasteiger partial charge on any atom is 0.311 e. The van der Waals surface area contributed by atoms with Crippen LogP contribution in [0.25, 0.3) is 17.2 Å². The van der Waals surface area contributed by atoms with Crippen molar-refractivity contribution in [2.45, 2.75) is 104 Å². The van der Waals surface area contributed by atoms with Crippen molar-refractivity contribution < 1.29 is 28.9 Å². The molecule has 47 heavy (non-hydrogen) atoms. The van der Waals surface area contributed by atoms with Crippen LogP contribution in [-0.4, -0.2) is 52.3 Å². The van der Waals surface area contributed by atoms with Gasteiger partial charge in [0.2, 0.25) is 6.29 Å². The highest BCUT2D eigenvalue weighted by Gasteiger charge is 2.22. The quantitative estimate of drug-likeness (QED) is 0.0788. The molecule has 3 N–H and O–H groups in total. The zero-order valence-electron chi connectivity index (χ0n) is 28.8. The first-order chi connectivity index (χ1) is 22.3. The van der Waals surface area contributed by atoms with Gasteiger partial charge in [-0.1, -0.05) is 70.2 Å². The molecule has 0 spiro atoms. The van der Waals surface area contributed by atoms with Crippen LogP contribution in [0.4, 0.5) is 4.39 Å². The van der Waals surface area contributed by atoms with Crippen LogP contribution in [0.2, 0.25) is 0 Å². The van der Waals surface area contributed by atoms with E-state index in [2.05, 4.69) is 46.5 Å². The van der Waals surface area contributed by atoms with Crippen molar-refractivity contribution in [3.63, 3.8) is 0 Å². The molecule has 3 rings (SSSR count). The maximum atomic E-state index is 13.8. The highest BCUT2D eigenvalue weighted by Crippen LogP contribution is 2.37. The molecule has 0 fully saturated rings. The Hall–Kier alpha value is -3.85. The topological polar surface area (TPSA) is 101 Å². The fraction of sp³-hybridized carbons (Fsp3) is 0.436. The van der Waals surface area contributed by atoms with E-state index in [-0.39, 0.29) is 30.5 Å². The van der Waals surface area contributed by atoms with Gasteiger partial charge in [-0.15, -0.1) is 6.58 Å². The lowest BCUT2D eigenvalue weighted by Crippen LogP contribution is -2.28. The van der Waals surface area contributed by atoms with E-state index >= 15 is 0 Å². The van der Waals surface area contributed by atoms with Crippen molar-refractivity contribution in [3.8, 4) is 16.9 Å². The third kappa shape index (κ3) is 11.4. The summed E-state index contributed by atoms with van der Waals surface area (Å²) in [4.78, 5) is 17.5. The molecule has 3 aromatic rings. The van der Waals surface area contributed by atoms with Crippen LogP contribution < -0.4 is 10.1 Å². The Morgan fingerprint density at radius 3 is 2.21 bits per heavy atom. The number of hydrogen-bond acceptors (Lipinski definition) is 7. The van der Waals surface area contributed by atoms with E-state index in [0.29, 0.717) is 11.8 Å². The van der Waals surface area contributed by atoms with E-state index < -0.39 is 24.5 Å². The number of nitrogens with one attached hydrogen (secondary N) is 1. The molecule has 1 aromatic heterocycles. The van der Waals surface area contributed by atoms with E-state index in [0.717, 1.165) is 52.2 Å². The zero-order valence-corrected chi connectivity index (χ0v) is 28.8. The minimum Gasteiger partial charge on any atom is -0.455 e. The molecular weight excluding hydrogens is 595 g/mol. The number of aliphatic hydroxyl groups excluding tert-OH is 2. The summed E-state index contributed by atoms with van der Waals surface area (Å²) in [7, 11) is 0. The molecule has 0 amide bonds. The highest BCUT2D eigenvalue weighted by molar-refractivity contribution is 5.80. The molecule has 7 nitrogen and oxygen atoms in total. The number of carbonyl (C=O) groups excluding carboxylic acids is 1. The molecule has 0 aliphatic heterocycles. The van der Waals surface area contributed by atoms with Crippen molar-refractivity contribution in [2.24, 2.45) is 0 Å². The number of rotatable bonds is 17. The molecule has 4 atom stereocenters. The number of carbonyl (C=O) groups is 1. The largest absolute Gasteiger partial charge is 0.455 e. The SMILES string of the molecule is C=CCNC(C)Cc1ccc(OC(C)OC(=O)CC(O)CC(O)C=Cc2c(C(C)C)nc(C(C)C)c(C)c2-c2ccc(F)cc2)cc1. The van der Waals surface area contributed by atoms with Crippen molar-refractivity contribution in [1.29, 1.82) is 0 Å². The summed E-state index contributed by atoms with van der Waals surface area (Å²) in [6.07, 6.45) is 2.71. The molecule has 8 heteroatoms. The molecule has 2 aromatic carbocycles. The van der Waals surface area contributed by atoms with Gasteiger partial charge in [-0.05, 0) is 78.6 Å². The Bertz CT molecular complexity index is 1480. The number of pyridine rings is 1. The minimum absolute atomic E-state index is 0.0677. The fourth-order valence-electron chi connectivity index (χ4n) is 5.60. The minimum atomic E-state index is -1.13. The molecule has 0 saturated carbocycles. The van der Waals surface area contributed by atoms with Crippen LogP contribution in [0.15, 0.2) is 67.3 Å². The number of ether oxygens (including phenoxy) is 2. The van der Waals surface area contributed by atoms with Gasteiger partial charge in [-0.3, -0.25) is 9.78 Å². The smallest absolute Gasteiger partial charge is 0.311 e. The van der Waals surface area contributed by atoms with Gasteiger partial charge in [0.05, 0.1) is 24.3 Å². The molecular formula is C39H51FN2O5. The summed E-state index contributed by atoms with van der Waals surface area (Å²) >= 11 is 0. The number of hydrogen-bond donors (Lipinski definition) is 3.